The first-order chi connectivity index (χ1) is 7.93. The van der Waals surface area contributed by atoms with Gasteiger partial charge < -0.3 is 5.32 Å². The van der Waals surface area contributed by atoms with Crippen LogP contribution >= 0.6 is 0 Å². The number of rotatable bonds is 4. The number of carbonyl (C=O) groups excluding carboxylic acids is 1. The van der Waals surface area contributed by atoms with Gasteiger partial charge in [-0.05, 0) is 12.0 Å². The molecule has 92 valence electrons. The summed E-state index contributed by atoms with van der Waals surface area (Å²) in [6.45, 7) is 9.50. The van der Waals surface area contributed by atoms with Crippen LogP contribution in [0.5, 0.6) is 0 Å². The largest absolute Gasteiger partial charge is 0.349 e. The van der Waals surface area contributed by atoms with Crippen LogP contribution in [0.2, 0.25) is 0 Å². The molecule has 1 atom stereocenters. The van der Waals surface area contributed by atoms with E-state index in [0.717, 1.165) is 6.42 Å². The van der Waals surface area contributed by atoms with E-state index in [9.17, 15) is 4.79 Å². The first-order valence-electron chi connectivity index (χ1n) is 5.91. The van der Waals surface area contributed by atoms with Crippen LogP contribution in [0.15, 0.2) is 43.0 Å². The van der Waals surface area contributed by atoms with Crippen molar-refractivity contribution in [3.05, 3.63) is 48.6 Å². The Balaban J connectivity index is 2.62. The highest BCUT2D eigenvalue weighted by molar-refractivity contribution is 5.81. The third-order valence-electron chi connectivity index (χ3n) is 2.58. The maximum absolute atomic E-state index is 11.9. The lowest BCUT2D eigenvalue weighted by Crippen LogP contribution is -2.41. The molecule has 1 N–H and O–H groups in total. The molecule has 1 unspecified atom stereocenters. The highest BCUT2D eigenvalue weighted by Gasteiger charge is 2.22. The van der Waals surface area contributed by atoms with Crippen LogP contribution in [0.1, 0.15) is 26.3 Å². The van der Waals surface area contributed by atoms with E-state index in [1.165, 1.54) is 5.56 Å². The van der Waals surface area contributed by atoms with Gasteiger partial charge in [0.2, 0.25) is 5.91 Å². The highest BCUT2D eigenvalue weighted by atomic mass is 16.2. The van der Waals surface area contributed by atoms with Gasteiger partial charge in [0.25, 0.3) is 0 Å². The smallest absolute Gasteiger partial charge is 0.225 e. The summed E-state index contributed by atoms with van der Waals surface area (Å²) in [5, 5.41) is 3.00. The Labute approximate surface area is 104 Å². The van der Waals surface area contributed by atoms with Crippen LogP contribution in [-0.4, -0.2) is 11.9 Å². The lowest BCUT2D eigenvalue weighted by atomic mass is 9.94. The fourth-order valence-corrected chi connectivity index (χ4v) is 1.45. The zero-order chi connectivity index (χ0) is 12.9. The van der Waals surface area contributed by atoms with E-state index in [-0.39, 0.29) is 17.4 Å². The lowest BCUT2D eigenvalue weighted by molar-refractivity contribution is -0.128. The Bertz CT molecular complexity index is 376. The molecule has 0 fully saturated rings. The highest BCUT2D eigenvalue weighted by Crippen LogP contribution is 2.14. The second-order valence-corrected chi connectivity index (χ2v) is 5.26. The van der Waals surface area contributed by atoms with Gasteiger partial charge in [-0.25, -0.2) is 0 Å². The molecule has 0 heterocycles. The molecule has 2 nitrogen and oxygen atoms in total. The second-order valence-electron chi connectivity index (χ2n) is 5.26. The standard InChI is InChI=1S/C15H21NO/c1-5-13(16-14(17)15(2,3)4)11-12-9-7-6-8-10-12/h5-10,13H,1,11H2,2-4H3,(H,16,17). The number of hydrogen-bond acceptors (Lipinski definition) is 1. The van der Waals surface area contributed by atoms with Crippen molar-refractivity contribution in [2.75, 3.05) is 0 Å². The number of carbonyl (C=O) groups is 1. The van der Waals surface area contributed by atoms with E-state index in [1.54, 1.807) is 6.08 Å². The third-order valence-corrected chi connectivity index (χ3v) is 2.58. The zero-order valence-electron chi connectivity index (χ0n) is 10.9. The van der Waals surface area contributed by atoms with E-state index in [1.807, 2.05) is 39.0 Å². The minimum Gasteiger partial charge on any atom is -0.349 e. The molecule has 17 heavy (non-hydrogen) atoms. The summed E-state index contributed by atoms with van der Waals surface area (Å²) in [6.07, 6.45) is 2.57. The quantitative estimate of drug-likeness (QED) is 0.793. The summed E-state index contributed by atoms with van der Waals surface area (Å²) in [5.41, 5.74) is 0.837. The van der Waals surface area contributed by atoms with Crippen LogP contribution in [-0.2, 0) is 11.2 Å². The minimum atomic E-state index is -0.363. The van der Waals surface area contributed by atoms with Crippen LogP contribution in [0.25, 0.3) is 0 Å². The summed E-state index contributed by atoms with van der Waals surface area (Å²) in [7, 11) is 0. The number of nitrogens with one attached hydrogen (secondary N) is 1. The molecule has 0 aliphatic carbocycles. The van der Waals surface area contributed by atoms with Crippen molar-refractivity contribution in [2.24, 2.45) is 5.41 Å². The van der Waals surface area contributed by atoms with Gasteiger partial charge in [-0.15, -0.1) is 6.58 Å². The van der Waals surface area contributed by atoms with Gasteiger partial charge in [-0.2, -0.15) is 0 Å². The molecule has 0 radical (unpaired) electrons. The fourth-order valence-electron chi connectivity index (χ4n) is 1.45. The lowest BCUT2D eigenvalue weighted by Gasteiger charge is -2.22. The van der Waals surface area contributed by atoms with E-state index in [0.29, 0.717) is 0 Å². The van der Waals surface area contributed by atoms with Gasteiger partial charge in [-0.1, -0.05) is 57.2 Å². The van der Waals surface area contributed by atoms with E-state index in [2.05, 4.69) is 24.0 Å². The van der Waals surface area contributed by atoms with Gasteiger partial charge >= 0.3 is 0 Å². The summed E-state index contributed by atoms with van der Waals surface area (Å²) in [6, 6.07) is 10.1. The van der Waals surface area contributed by atoms with Gasteiger partial charge in [0.1, 0.15) is 0 Å². The molecule has 1 rings (SSSR count). The van der Waals surface area contributed by atoms with Gasteiger partial charge in [0.15, 0.2) is 0 Å². The topological polar surface area (TPSA) is 29.1 Å². The average molecular weight is 231 g/mol. The van der Waals surface area contributed by atoms with Crippen molar-refractivity contribution in [3.63, 3.8) is 0 Å². The molecule has 1 aromatic carbocycles. The van der Waals surface area contributed by atoms with Crippen LogP contribution in [0.4, 0.5) is 0 Å². The maximum atomic E-state index is 11.9. The van der Waals surface area contributed by atoms with Crippen molar-refractivity contribution in [3.8, 4) is 0 Å². The Morgan fingerprint density at radius 1 is 1.35 bits per heavy atom. The van der Waals surface area contributed by atoms with Crippen LogP contribution < -0.4 is 5.32 Å². The maximum Gasteiger partial charge on any atom is 0.225 e. The summed E-state index contributed by atoms with van der Waals surface area (Å²) in [5.74, 6) is 0.0540. The second kappa shape index (κ2) is 5.67. The van der Waals surface area contributed by atoms with Gasteiger partial charge in [0.05, 0.1) is 6.04 Å². The minimum absolute atomic E-state index is 0.0101. The molecule has 0 aliphatic heterocycles. The molecule has 1 aromatic rings. The summed E-state index contributed by atoms with van der Waals surface area (Å²) in [4.78, 5) is 11.9. The third kappa shape index (κ3) is 4.43. The zero-order valence-corrected chi connectivity index (χ0v) is 10.9. The molecule has 0 saturated heterocycles. The molecule has 1 amide bonds. The van der Waals surface area contributed by atoms with Gasteiger partial charge in [-0.3, -0.25) is 4.79 Å². The van der Waals surface area contributed by atoms with Crippen molar-refractivity contribution >= 4 is 5.91 Å². The van der Waals surface area contributed by atoms with Gasteiger partial charge in [0, 0.05) is 5.41 Å². The first kappa shape index (κ1) is 13.5. The number of benzene rings is 1. The first-order valence-corrected chi connectivity index (χ1v) is 5.91. The molecule has 0 spiro atoms. The summed E-state index contributed by atoms with van der Waals surface area (Å²) < 4.78 is 0. The van der Waals surface area contributed by atoms with E-state index >= 15 is 0 Å². The molecular weight excluding hydrogens is 210 g/mol. The van der Waals surface area contributed by atoms with Crippen LogP contribution in [0.3, 0.4) is 0 Å². The Hall–Kier alpha value is -1.57. The molecule has 0 aliphatic rings. The fraction of sp³-hybridized carbons (Fsp3) is 0.400. The van der Waals surface area contributed by atoms with Crippen molar-refractivity contribution < 1.29 is 4.79 Å². The van der Waals surface area contributed by atoms with Crippen molar-refractivity contribution in [1.29, 1.82) is 0 Å². The van der Waals surface area contributed by atoms with Crippen molar-refractivity contribution in [2.45, 2.75) is 33.2 Å². The molecule has 0 aromatic heterocycles. The monoisotopic (exact) mass is 231 g/mol. The Morgan fingerprint density at radius 3 is 2.41 bits per heavy atom. The van der Waals surface area contributed by atoms with Crippen molar-refractivity contribution in [1.82, 2.24) is 5.32 Å². The predicted molar refractivity (Wildman–Crippen MR) is 71.7 cm³/mol. The molecule has 2 heteroatoms. The molecule has 0 saturated carbocycles. The Kier molecular flexibility index (Phi) is 4.50. The average Bonchev–Trinajstić information content (AvgIpc) is 2.28. The Morgan fingerprint density at radius 2 is 1.94 bits per heavy atom. The molecular formula is C15H21NO. The SMILES string of the molecule is C=CC(Cc1ccccc1)NC(=O)C(C)(C)C. The number of amides is 1. The van der Waals surface area contributed by atoms with Crippen LogP contribution in [0, 0.1) is 5.41 Å². The predicted octanol–water partition coefficient (Wildman–Crippen LogP) is 2.95. The normalized spacial score (nSPS) is 12.9. The van der Waals surface area contributed by atoms with E-state index in [4.69, 9.17) is 0 Å². The van der Waals surface area contributed by atoms with E-state index < -0.39 is 0 Å². The summed E-state index contributed by atoms with van der Waals surface area (Å²) >= 11 is 0. The molecule has 0 bridgehead atoms. The number of hydrogen-bond donors (Lipinski definition) is 1.